The van der Waals surface area contributed by atoms with Gasteiger partial charge in [0.05, 0.1) is 11.4 Å². The lowest BCUT2D eigenvalue weighted by atomic mass is 10.2. The molecular weight excluding hydrogens is 174 g/mol. The van der Waals surface area contributed by atoms with Gasteiger partial charge in [0.1, 0.15) is 0 Å². The van der Waals surface area contributed by atoms with Crippen LogP contribution in [0.5, 0.6) is 0 Å². The molecule has 0 aromatic carbocycles. The largest absolute Gasteiger partial charge is 0.376 e. The van der Waals surface area contributed by atoms with Gasteiger partial charge in [0, 0.05) is 13.2 Å². The zero-order chi connectivity index (χ0) is 8.97. The average Bonchev–Trinajstić information content (AvgIpc) is 2.51. The topological polar surface area (TPSA) is 38.3 Å². The lowest BCUT2D eigenvalue weighted by molar-refractivity contribution is -0.120. The molecule has 1 amide bonds. The van der Waals surface area contributed by atoms with E-state index < -0.39 is 0 Å². The molecule has 0 aromatic heterocycles. The van der Waals surface area contributed by atoms with Crippen LogP contribution in [-0.2, 0) is 9.53 Å². The van der Waals surface area contributed by atoms with Crippen molar-refractivity contribution in [3.8, 4) is 0 Å². The molecule has 1 saturated heterocycles. The first kappa shape index (κ1) is 9.86. The zero-order valence-corrected chi connectivity index (χ0v) is 8.14. The Bertz CT molecular complexity index is 155. The summed E-state index contributed by atoms with van der Waals surface area (Å²) in [5, 5.41) is 2.55. The first-order valence-electron chi connectivity index (χ1n) is 4.27. The molecule has 2 atom stereocenters. The van der Waals surface area contributed by atoms with Gasteiger partial charge in [-0.25, -0.2) is 0 Å². The zero-order valence-electron chi connectivity index (χ0n) is 7.25. The molecule has 2 unspecified atom stereocenters. The molecule has 3 nitrogen and oxygen atoms in total. The van der Waals surface area contributed by atoms with Crippen LogP contribution >= 0.6 is 12.6 Å². The third-order valence-electron chi connectivity index (χ3n) is 1.91. The Balaban J connectivity index is 2.12. The summed E-state index contributed by atoms with van der Waals surface area (Å²) in [5.41, 5.74) is 0. The quantitative estimate of drug-likeness (QED) is 0.638. The second kappa shape index (κ2) is 4.72. The maximum Gasteiger partial charge on any atom is 0.232 e. The van der Waals surface area contributed by atoms with E-state index in [2.05, 4.69) is 17.9 Å². The molecule has 0 aromatic rings. The number of nitrogens with one attached hydrogen (secondary N) is 1. The molecule has 0 bridgehead atoms. The highest BCUT2D eigenvalue weighted by Gasteiger charge is 2.16. The van der Waals surface area contributed by atoms with Crippen molar-refractivity contribution in [2.45, 2.75) is 31.1 Å². The van der Waals surface area contributed by atoms with Crippen LogP contribution < -0.4 is 5.32 Å². The predicted octanol–water partition coefficient (Wildman–Crippen LogP) is 0.600. The smallest absolute Gasteiger partial charge is 0.232 e. The highest BCUT2D eigenvalue weighted by molar-refractivity contribution is 7.81. The maximum absolute atomic E-state index is 11.1. The van der Waals surface area contributed by atoms with Gasteiger partial charge in [-0.1, -0.05) is 0 Å². The van der Waals surface area contributed by atoms with Crippen LogP contribution in [0, 0.1) is 0 Å². The third-order valence-corrected chi connectivity index (χ3v) is 2.14. The summed E-state index contributed by atoms with van der Waals surface area (Å²) in [5.74, 6) is -0.0196. The molecule has 0 spiro atoms. The summed E-state index contributed by atoms with van der Waals surface area (Å²) in [4.78, 5) is 11.1. The molecule has 1 rings (SSSR count). The van der Waals surface area contributed by atoms with Gasteiger partial charge in [0.15, 0.2) is 0 Å². The number of carbonyl (C=O) groups excluding carboxylic acids is 1. The van der Waals surface area contributed by atoms with Crippen LogP contribution in [0.25, 0.3) is 0 Å². The number of hydrogen-bond acceptors (Lipinski definition) is 3. The minimum absolute atomic E-state index is 0.0196. The van der Waals surface area contributed by atoms with Crippen LogP contribution in [0.15, 0.2) is 0 Å². The number of amides is 1. The Morgan fingerprint density at radius 3 is 3.08 bits per heavy atom. The SMILES string of the molecule is CC(S)C(=O)NCC1CCCO1. The van der Waals surface area contributed by atoms with Crippen LogP contribution in [0.3, 0.4) is 0 Å². The Hall–Kier alpha value is -0.220. The van der Waals surface area contributed by atoms with Gasteiger partial charge in [0.25, 0.3) is 0 Å². The van der Waals surface area contributed by atoms with Gasteiger partial charge in [-0.15, -0.1) is 0 Å². The Morgan fingerprint density at radius 1 is 1.83 bits per heavy atom. The van der Waals surface area contributed by atoms with E-state index >= 15 is 0 Å². The van der Waals surface area contributed by atoms with Crippen LogP contribution in [0.2, 0.25) is 0 Å². The van der Waals surface area contributed by atoms with E-state index in [1.807, 2.05) is 0 Å². The number of ether oxygens (including phenoxy) is 1. The van der Waals surface area contributed by atoms with Crippen LogP contribution in [0.4, 0.5) is 0 Å². The molecular formula is C8H15NO2S. The van der Waals surface area contributed by atoms with E-state index in [-0.39, 0.29) is 17.3 Å². The van der Waals surface area contributed by atoms with Gasteiger partial charge < -0.3 is 10.1 Å². The van der Waals surface area contributed by atoms with E-state index in [9.17, 15) is 4.79 Å². The highest BCUT2D eigenvalue weighted by atomic mass is 32.1. The van der Waals surface area contributed by atoms with E-state index in [0.717, 1.165) is 19.4 Å². The summed E-state index contributed by atoms with van der Waals surface area (Å²) in [6, 6.07) is 0. The number of rotatable bonds is 3. The van der Waals surface area contributed by atoms with Crippen LogP contribution in [-0.4, -0.2) is 30.4 Å². The second-order valence-corrected chi connectivity index (χ2v) is 3.83. The molecule has 0 saturated carbocycles. The van der Waals surface area contributed by atoms with Gasteiger partial charge in [-0.05, 0) is 19.8 Å². The third kappa shape index (κ3) is 3.03. The summed E-state index contributed by atoms with van der Waals surface area (Å²) in [6.07, 6.45) is 2.39. The van der Waals surface area contributed by atoms with Crippen molar-refractivity contribution in [3.05, 3.63) is 0 Å². The van der Waals surface area contributed by atoms with E-state index in [4.69, 9.17) is 4.74 Å². The van der Waals surface area contributed by atoms with Crippen molar-refractivity contribution in [3.63, 3.8) is 0 Å². The fraction of sp³-hybridized carbons (Fsp3) is 0.875. The first-order chi connectivity index (χ1) is 5.70. The summed E-state index contributed by atoms with van der Waals surface area (Å²) in [7, 11) is 0. The Morgan fingerprint density at radius 2 is 2.58 bits per heavy atom. The minimum Gasteiger partial charge on any atom is -0.376 e. The van der Waals surface area contributed by atoms with Crippen molar-refractivity contribution in [1.82, 2.24) is 5.32 Å². The summed E-state index contributed by atoms with van der Waals surface area (Å²) < 4.78 is 5.34. The average molecular weight is 189 g/mol. The van der Waals surface area contributed by atoms with Crippen molar-refractivity contribution in [1.29, 1.82) is 0 Å². The van der Waals surface area contributed by atoms with Gasteiger partial charge in [-0.3, -0.25) is 4.79 Å². The fourth-order valence-corrected chi connectivity index (χ4v) is 1.26. The highest BCUT2D eigenvalue weighted by Crippen LogP contribution is 2.10. The molecule has 1 fully saturated rings. The Labute approximate surface area is 78.3 Å². The van der Waals surface area contributed by atoms with E-state index in [1.54, 1.807) is 6.92 Å². The van der Waals surface area contributed by atoms with E-state index in [1.165, 1.54) is 0 Å². The predicted molar refractivity (Wildman–Crippen MR) is 50.4 cm³/mol. The van der Waals surface area contributed by atoms with Gasteiger partial charge in [0.2, 0.25) is 5.91 Å². The molecule has 4 heteroatoms. The monoisotopic (exact) mass is 189 g/mol. The molecule has 1 aliphatic heterocycles. The number of carbonyl (C=O) groups is 1. The fourth-order valence-electron chi connectivity index (χ4n) is 1.17. The van der Waals surface area contributed by atoms with Crippen molar-refractivity contribution < 1.29 is 9.53 Å². The molecule has 70 valence electrons. The molecule has 1 aliphatic rings. The van der Waals surface area contributed by atoms with Gasteiger partial charge >= 0.3 is 0 Å². The van der Waals surface area contributed by atoms with Crippen molar-refractivity contribution in [2.24, 2.45) is 0 Å². The molecule has 1 heterocycles. The Kier molecular flexibility index (Phi) is 3.88. The lowest BCUT2D eigenvalue weighted by Gasteiger charge is -2.11. The first-order valence-corrected chi connectivity index (χ1v) is 4.79. The molecule has 12 heavy (non-hydrogen) atoms. The van der Waals surface area contributed by atoms with Crippen molar-refractivity contribution >= 4 is 18.5 Å². The minimum atomic E-state index is -0.230. The van der Waals surface area contributed by atoms with Crippen molar-refractivity contribution in [2.75, 3.05) is 13.2 Å². The maximum atomic E-state index is 11.1. The number of hydrogen-bond donors (Lipinski definition) is 2. The van der Waals surface area contributed by atoms with Gasteiger partial charge in [-0.2, -0.15) is 12.6 Å². The molecule has 0 radical (unpaired) electrons. The standard InChI is InChI=1S/C8H15NO2S/c1-6(12)8(10)9-5-7-3-2-4-11-7/h6-7,12H,2-5H2,1H3,(H,9,10). The van der Waals surface area contributed by atoms with E-state index in [0.29, 0.717) is 6.54 Å². The summed E-state index contributed by atoms with van der Waals surface area (Å²) >= 11 is 4.02. The molecule has 1 N–H and O–H groups in total. The summed E-state index contributed by atoms with van der Waals surface area (Å²) in [6.45, 7) is 3.22. The number of thiol groups is 1. The van der Waals surface area contributed by atoms with Crippen LogP contribution in [0.1, 0.15) is 19.8 Å². The lowest BCUT2D eigenvalue weighted by Crippen LogP contribution is -2.35. The normalized spacial score (nSPS) is 25.3. The molecule has 0 aliphatic carbocycles. The second-order valence-electron chi connectivity index (χ2n) is 3.06.